The molecule has 0 atom stereocenters. The van der Waals surface area contributed by atoms with Crippen LogP contribution in [-0.4, -0.2) is 64.0 Å². The van der Waals surface area contributed by atoms with Crippen molar-refractivity contribution in [3.63, 3.8) is 0 Å². The number of piperazine rings is 1. The summed E-state index contributed by atoms with van der Waals surface area (Å²) < 4.78 is 34.0. The van der Waals surface area contributed by atoms with Gasteiger partial charge in [0.05, 0.1) is 7.11 Å². The highest BCUT2D eigenvalue weighted by molar-refractivity contribution is 7.89. The summed E-state index contributed by atoms with van der Waals surface area (Å²) in [4.78, 5) is 17.3. The van der Waals surface area contributed by atoms with Gasteiger partial charge in [0.2, 0.25) is 10.0 Å². The van der Waals surface area contributed by atoms with E-state index < -0.39 is 10.0 Å². The van der Waals surface area contributed by atoms with Crippen LogP contribution in [0.2, 0.25) is 0 Å². The molecule has 3 aromatic carbocycles. The molecule has 7 nitrogen and oxygen atoms in total. The van der Waals surface area contributed by atoms with Gasteiger partial charge in [0, 0.05) is 44.8 Å². The highest BCUT2D eigenvalue weighted by atomic mass is 32.2. The van der Waals surface area contributed by atoms with Crippen molar-refractivity contribution in [2.24, 2.45) is 0 Å². The van der Waals surface area contributed by atoms with Crippen LogP contribution in [0.25, 0.3) is 0 Å². The third kappa shape index (κ3) is 6.48. The minimum absolute atomic E-state index is 0.0263. The Morgan fingerprint density at radius 2 is 1.51 bits per heavy atom. The number of hydrogen-bond acceptors (Lipinski definition) is 5. The normalized spacial score (nSPS) is 14.6. The van der Waals surface area contributed by atoms with E-state index in [0.717, 1.165) is 25.2 Å². The van der Waals surface area contributed by atoms with Crippen molar-refractivity contribution in [3.8, 4) is 5.75 Å². The Kier molecular flexibility index (Phi) is 8.17. The smallest absolute Gasteiger partial charge is 0.253 e. The molecule has 1 saturated heterocycles. The largest absolute Gasteiger partial charge is 0.495 e. The number of ether oxygens (including phenoxy) is 1. The van der Waals surface area contributed by atoms with Gasteiger partial charge in [-0.15, -0.1) is 0 Å². The summed E-state index contributed by atoms with van der Waals surface area (Å²) in [5, 5.41) is 0. The van der Waals surface area contributed by atoms with Crippen LogP contribution in [0, 0.1) is 0 Å². The number of carbonyl (C=O) groups is 1. The first-order valence-electron chi connectivity index (χ1n) is 11.7. The minimum Gasteiger partial charge on any atom is -0.495 e. The molecule has 1 amide bonds. The van der Waals surface area contributed by atoms with E-state index in [1.54, 1.807) is 17.0 Å². The Balaban J connectivity index is 1.40. The van der Waals surface area contributed by atoms with Gasteiger partial charge in [0.25, 0.3) is 5.91 Å². The third-order valence-electron chi connectivity index (χ3n) is 6.16. The van der Waals surface area contributed by atoms with E-state index >= 15 is 0 Å². The molecular weight excluding hydrogens is 462 g/mol. The molecule has 0 aromatic heterocycles. The van der Waals surface area contributed by atoms with Crippen LogP contribution in [0.5, 0.6) is 5.75 Å². The lowest BCUT2D eigenvalue weighted by molar-refractivity contribution is 0.0628. The number of amides is 1. The van der Waals surface area contributed by atoms with E-state index in [1.807, 2.05) is 48.5 Å². The predicted molar refractivity (Wildman–Crippen MR) is 136 cm³/mol. The topological polar surface area (TPSA) is 79.0 Å². The fraction of sp³-hybridized carbons (Fsp3) is 0.296. The first-order valence-corrected chi connectivity index (χ1v) is 13.2. The summed E-state index contributed by atoms with van der Waals surface area (Å²) in [5.74, 6) is 0.0363. The van der Waals surface area contributed by atoms with E-state index in [0.29, 0.717) is 25.1 Å². The maximum Gasteiger partial charge on any atom is 0.253 e. The number of methoxy groups -OCH3 is 1. The van der Waals surface area contributed by atoms with Gasteiger partial charge in [-0.25, -0.2) is 13.1 Å². The predicted octanol–water partition coefficient (Wildman–Crippen LogP) is 3.17. The quantitative estimate of drug-likeness (QED) is 0.495. The highest BCUT2D eigenvalue weighted by Crippen LogP contribution is 2.26. The molecule has 1 N–H and O–H groups in total. The molecule has 1 aliphatic rings. The van der Waals surface area contributed by atoms with Crippen LogP contribution in [0.15, 0.2) is 83.8 Å². The van der Waals surface area contributed by atoms with Crippen LogP contribution in [-0.2, 0) is 23.0 Å². The van der Waals surface area contributed by atoms with E-state index in [9.17, 15) is 13.2 Å². The van der Waals surface area contributed by atoms with E-state index in [4.69, 9.17) is 4.74 Å². The second-order valence-electron chi connectivity index (χ2n) is 8.55. The Labute approximate surface area is 207 Å². The van der Waals surface area contributed by atoms with Gasteiger partial charge in [-0.1, -0.05) is 60.7 Å². The molecule has 1 aliphatic heterocycles. The average Bonchev–Trinajstić information content (AvgIpc) is 2.89. The van der Waals surface area contributed by atoms with Crippen LogP contribution in [0.4, 0.5) is 0 Å². The Morgan fingerprint density at radius 1 is 0.886 bits per heavy atom. The molecule has 184 valence electrons. The van der Waals surface area contributed by atoms with Crippen molar-refractivity contribution in [2.75, 3.05) is 39.8 Å². The van der Waals surface area contributed by atoms with Gasteiger partial charge in [-0.05, 0) is 35.7 Å². The summed E-state index contributed by atoms with van der Waals surface area (Å²) >= 11 is 0. The Bertz CT molecular complexity index is 1230. The molecule has 1 heterocycles. The van der Waals surface area contributed by atoms with Crippen molar-refractivity contribution in [1.29, 1.82) is 0 Å². The lowest BCUT2D eigenvalue weighted by atomic mass is 10.1. The van der Waals surface area contributed by atoms with Gasteiger partial charge in [0.15, 0.2) is 0 Å². The second kappa shape index (κ2) is 11.5. The number of carbonyl (C=O) groups excluding carboxylic acids is 1. The molecular formula is C27H31N3O4S. The molecule has 8 heteroatoms. The van der Waals surface area contributed by atoms with Gasteiger partial charge in [0.1, 0.15) is 10.6 Å². The van der Waals surface area contributed by atoms with Gasteiger partial charge < -0.3 is 9.64 Å². The molecule has 3 aromatic rings. The summed E-state index contributed by atoms with van der Waals surface area (Å²) in [6, 6.07) is 24.5. The molecule has 0 aliphatic carbocycles. The number of hydrogen-bond donors (Lipinski definition) is 1. The zero-order chi connectivity index (χ0) is 24.7. The number of rotatable bonds is 9. The number of sulfonamides is 1. The summed E-state index contributed by atoms with van der Waals surface area (Å²) in [6.07, 6.45) is 0.564. The van der Waals surface area contributed by atoms with Gasteiger partial charge >= 0.3 is 0 Å². The lowest BCUT2D eigenvalue weighted by Gasteiger charge is -2.34. The standard InChI is InChI=1S/C27H31N3O4S/c1-34-25-13-12-24(20-26(25)35(32,33)28-15-14-22-8-4-2-5-9-22)27(31)30-18-16-29(17-19-30)21-23-10-6-3-7-11-23/h2-13,20,28H,14-19,21H2,1H3. The van der Waals surface area contributed by atoms with Crippen molar-refractivity contribution >= 4 is 15.9 Å². The van der Waals surface area contributed by atoms with Crippen molar-refractivity contribution in [1.82, 2.24) is 14.5 Å². The first kappa shape index (κ1) is 24.9. The Morgan fingerprint density at radius 3 is 2.14 bits per heavy atom. The molecule has 0 bridgehead atoms. The van der Waals surface area contributed by atoms with E-state index in [-0.39, 0.29) is 23.1 Å². The molecule has 0 radical (unpaired) electrons. The average molecular weight is 494 g/mol. The van der Waals surface area contributed by atoms with Crippen molar-refractivity contribution in [2.45, 2.75) is 17.9 Å². The van der Waals surface area contributed by atoms with Crippen LogP contribution in [0.3, 0.4) is 0 Å². The van der Waals surface area contributed by atoms with Gasteiger partial charge in [-0.3, -0.25) is 9.69 Å². The number of nitrogens with one attached hydrogen (secondary N) is 1. The zero-order valence-corrected chi connectivity index (χ0v) is 20.7. The molecule has 1 fully saturated rings. The second-order valence-corrected chi connectivity index (χ2v) is 10.3. The SMILES string of the molecule is COc1ccc(C(=O)N2CCN(Cc3ccccc3)CC2)cc1S(=O)(=O)NCCc1ccccc1. The number of benzene rings is 3. The highest BCUT2D eigenvalue weighted by Gasteiger charge is 2.26. The van der Waals surface area contributed by atoms with E-state index in [2.05, 4.69) is 21.8 Å². The maximum atomic E-state index is 13.2. The molecule has 0 unspecified atom stereocenters. The fourth-order valence-corrected chi connectivity index (χ4v) is 5.43. The number of nitrogens with zero attached hydrogens (tertiary/aromatic N) is 2. The molecule has 0 saturated carbocycles. The Hall–Kier alpha value is -3.20. The third-order valence-corrected chi connectivity index (χ3v) is 7.64. The summed E-state index contributed by atoms with van der Waals surface area (Å²) in [6.45, 7) is 3.82. The molecule has 0 spiro atoms. The minimum atomic E-state index is -3.86. The lowest BCUT2D eigenvalue weighted by Crippen LogP contribution is -2.48. The van der Waals surface area contributed by atoms with Gasteiger partial charge in [-0.2, -0.15) is 0 Å². The van der Waals surface area contributed by atoms with Crippen molar-refractivity contribution < 1.29 is 17.9 Å². The van der Waals surface area contributed by atoms with Crippen LogP contribution >= 0.6 is 0 Å². The van der Waals surface area contributed by atoms with Crippen LogP contribution in [0.1, 0.15) is 21.5 Å². The van der Waals surface area contributed by atoms with Crippen molar-refractivity contribution in [3.05, 3.63) is 95.6 Å². The first-order chi connectivity index (χ1) is 17.0. The molecule has 4 rings (SSSR count). The summed E-state index contributed by atoms with van der Waals surface area (Å²) in [5.41, 5.74) is 2.63. The monoisotopic (exact) mass is 493 g/mol. The molecule has 35 heavy (non-hydrogen) atoms. The summed E-state index contributed by atoms with van der Waals surface area (Å²) in [7, 11) is -2.43. The van der Waals surface area contributed by atoms with E-state index in [1.165, 1.54) is 18.7 Å². The zero-order valence-electron chi connectivity index (χ0n) is 19.9. The maximum absolute atomic E-state index is 13.2. The fourth-order valence-electron chi connectivity index (χ4n) is 4.21. The van der Waals surface area contributed by atoms with Crippen LogP contribution < -0.4 is 9.46 Å².